The maximum Gasteiger partial charge on any atom is 0.264 e. The minimum atomic E-state index is -3.69. The van der Waals surface area contributed by atoms with E-state index in [9.17, 15) is 8.42 Å². The summed E-state index contributed by atoms with van der Waals surface area (Å²) in [6, 6.07) is 3.43. The van der Waals surface area contributed by atoms with Crippen molar-refractivity contribution < 1.29 is 8.42 Å². The molecule has 0 radical (unpaired) electrons. The molecule has 0 amide bonds. The third-order valence-corrected chi connectivity index (χ3v) is 6.28. The van der Waals surface area contributed by atoms with Gasteiger partial charge in [-0.2, -0.15) is 0 Å². The summed E-state index contributed by atoms with van der Waals surface area (Å²) in [4.78, 5) is 5.12. The molecule has 0 bridgehead atoms. The lowest BCUT2D eigenvalue weighted by molar-refractivity contribution is 0.600. The number of hydrogen-bond acceptors (Lipinski definition) is 5. The summed E-state index contributed by atoms with van der Waals surface area (Å²) in [5.74, 6) is 0. The predicted molar refractivity (Wildman–Crippen MR) is 84.4 cm³/mol. The summed E-state index contributed by atoms with van der Waals surface area (Å²) >= 11 is 4.61. The number of nitrogens with one attached hydrogen (secondary N) is 1. The Hall–Kier alpha value is -0.960. The van der Waals surface area contributed by atoms with E-state index in [1.165, 1.54) is 11.3 Å². The third-order valence-electron chi connectivity index (χ3n) is 2.65. The fourth-order valence-corrected chi connectivity index (χ4v) is 4.67. The molecule has 0 aliphatic heterocycles. The first-order chi connectivity index (χ1) is 9.33. The van der Waals surface area contributed by atoms with Crippen LogP contribution in [-0.2, 0) is 16.6 Å². The van der Waals surface area contributed by atoms with Gasteiger partial charge in [0.15, 0.2) is 5.13 Å². The van der Waals surface area contributed by atoms with E-state index in [4.69, 9.17) is 5.73 Å². The molecule has 1 aromatic heterocycles. The molecular formula is C12H14BrN3O2S2. The number of benzene rings is 1. The van der Waals surface area contributed by atoms with Crippen molar-refractivity contribution in [2.24, 2.45) is 5.73 Å². The maximum absolute atomic E-state index is 12.4. The number of halogens is 1. The predicted octanol–water partition coefficient (Wildman–Crippen LogP) is 2.78. The van der Waals surface area contributed by atoms with Gasteiger partial charge < -0.3 is 5.73 Å². The lowest BCUT2D eigenvalue weighted by atomic mass is 10.1. The van der Waals surface area contributed by atoms with Gasteiger partial charge >= 0.3 is 0 Å². The highest BCUT2D eigenvalue weighted by Crippen LogP contribution is 2.29. The van der Waals surface area contributed by atoms with Crippen molar-refractivity contribution in [3.8, 4) is 0 Å². The Kier molecular flexibility index (Phi) is 4.48. The second-order valence-electron chi connectivity index (χ2n) is 4.31. The van der Waals surface area contributed by atoms with Crippen LogP contribution in [0.2, 0.25) is 0 Å². The van der Waals surface area contributed by atoms with Crippen molar-refractivity contribution in [2.45, 2.75) is 25.3 Å². The van der Waals surface area contributed by atoms with Crippen molar-refractivity contribution in [3.05, 3.63) is 38.8 Å². The second kappa shape index (κ2) is 5.80. The van der Waals surface area contributed by atoms with Gasteiger partial charge in [-0.3, -0.25) is 4.72 Å². The quantitative estimate of drug-likeness (QED) is 0.859. The highest BCUT2D eigenvalue weighted by atomic mass is 79.9. The zero-order valence-corrected chi connectivity index (χ0v) is 14.2. The Labute approximate surface area is 130 Å². The fourth-order valence-electron chi connectivity index (χ4n) is 1.69. The molecule has 0 aliphatic rings. The van der Waals surface area contributed by atoms with Gasteiger partial charge in [0.25, 0.3) is 10.0 Å². The zero-order valence-electron chi connectivity index (χ0n) is 11.0. The first-order valence-electron chi connectivity index (χ1n) is 5.78. The second-order valence-corrected chi connectivity index (χ2v) is 7.99. The van der Waals surface area contributed by atoms with Crippen molar-refractivity contribution in [1.82, 2.24) is 4.98 Å². The standard InChI is InChI=1S/C12H14BrN3O2S2/c1-7-3-9(5-14)4-10(11(7)13)20(17,18)16-12-15-6-8(2)19-12/h3-4,6H,5,14H2,1-2H3,(H,15,16). The van der Waals surface area contributed by atoms with Crippen molar-refractivity contribution in [3.63, 3.8) is 0 Å². The van der Waals surface area contributed by atoms with E-state index in [1.54, 1.807) is 12.3 Å². The molecule has 1 aromatic carbocycles. The fraction of sp³-hybridized carbons (Fsp3) is 0.250. The SMILES string of the molecule is Cc1cnc(NS(=O)(=O)c2cc(CN)cc(C)c2Br)s1. The normalized spacial score (nSPS) is 11.6. The topological polar surface area (TPSA) is 85.1 Å². The van der Waals surface area contributed by atoms with E-state index in [0.717, 1.165) is 16.0 Å². The molecule has 0 aliphatic carbocycles. The minimum Gasteiger partial charge on any atom is -0.326 e. The van der Waals surface area contributed by atoms with E-state index in [1.807, 2.05) is 19.9 Å². The summed E-state index contributed by atoms with van der Waals surface area (Å²) < 4.78 is 27.9. The summed E-state index contributed by atoms with van der Waals surface area (Å²) in [5, 5.41) is 0.352. The zero-order chi connectivity index (χ0) is 14.9. The number of aromatic nitrogens is 1. The number of anilines is 1. The summed E-state index contributed by atoms with van der Waals surface area (Å²) in [5.41, 5.74) is 7.18. The molecule has 1 heterocycles. The molecular weight excluding hydrogens is 362 g/mol. The number of nitrogens with zero attached hydrogens (tertiary/aromatic N) is 1. The van der Waals surface area contributed by atoms with E-state index in [0.29, 0.717) is 9.60 Å². The Morgan fingerprint density at radius 1 is 1.40 bits per heavy atom. The molecule has 8 heteroatoms. The monoisotopic (exact) mass is 375 g/mol. The number of thiazole rings is 1. The van der Waals surface area contributed by atoms with Gasteiger partial charge in [-0.05, 0) is 47.0 Å². The highest BCUT2D eigenvalue weighted by Gasteiger charge is 2.21. The number of hydrogen-bond donors (Lipinski definition) is 2. The lowest BCUT2D eigenvalue weighted by Gasteiger charge is -2.11. The number of nitrogens with two attached hydrogens (primary N) is 1. The summed E-state index contributed by atoms with van der Waals surface area (Å²) in [6.45, 7) is 3.98. The van der Waals surface area contributed by atoms with Crippen LogP contribution in [-0.4, -0.2) is 13.4 Å². The lowest BCUT2D eigenvalue weighted by Crippen LogP contribution is -2.14. The molecule has 108 valence electrons. The van der Waals surface area contributed by atoms with Gasteiger partial charge in [0.1, 0.15) is 4.90 Å². The molecule has 0 fully saturated rings. The first kappa shape index (κ1) is 15.4. The Balaban J connectivity index is 2.46. The van der Waals surface area contributed by atoms with Crippen molar-refractivity contribution >= 4 is 42.4 Å². The smallest absolute Gasteiger partial charge is 0.264 e. The van der Waals surface area contributed by atoms with Crippen LogP contribution in [0.3, 0.4) is 0 Å². The van der Waals surface area contributed by atoms with Gasteiger partial charge in [0.2, 0.25) is 0 Å². The van der Waals surface area contributed by atoms with E-state index >= 15 is 0 Å². The van der Waals surface area contributed by atoms with Crippen LogP contribution in [0.1, 0.15) is 16.0 Å². The molecule has 20 heavy (non-hydrogen) atoms. The molecule has 0 saturated carbocycles. The molecule has 2 rings (SSSR count). The van der Waals surface area contributed by atoms with Crippen LogP contribution in [0.15, 0.2) is 27.7 Å². The molecule has 0 atom stereocenters. The van der Waals surface area contributed by atoms with E-state index < -0.39 is 10.0 Å². The van der Waals surface area contributed by atoms with Crippen LogP contribution in [0.4, 0.5) is 5.13 Å². The Morgan fingerprint density at radius 3 is 2.65 bits per heavy atom. The molecule has 0 saturated heterocycles. The van der Waals surface area contributed by atoms with Crippen molar-refractivity contribution in [1.29, 1.82) is 0 Å². The molecule has 5 nitrogen and oxygen atoms in total. The van der Waals surface area contributed by atoms with Gasteiger partial charge in [0, 0.05) is 22.1 Å². The first-order valence-corrected chi connectivity index (χ1v) is 8.87. The Morgan fingerprint density at radius 2 is 2.10 bits per heavy atom. The molecule has 0 unspecified atom stereocenters. The Bertz CT molecular complexity index is 741. The van der Waals surface area contributed by atoms with Gasteiger partial charge in [-0.25, -0.2) is 13.4 Å². The van der Waals surface area contributed by atoms with Crippen LogP contribution < -0.4 is 10.5 Å². The van der Waals surface area contributed by atoms with Crippen LogP contribution in [0, 0.1) is 13.8 Å². The van der Waals surface area contributed by atoms with Gasteiger partial charge in [0.05, 0.1) is 0 Å². The molecule has 0 spiro atoms. The largest absolute Gasteiger partial charge is 0.326 e. The van der Waals surface area contributed by atoms with Crippen LogP contribution in [0.25, 0.3) is 0 Å². The van der Waals surface area contributed by atoms with E-state index in [2.05, 4.69) is 25.6 Å². The van der Waals surface area contributed by atoms with Crippen LogP contribution in [0.5, 0.6) is 0 Å². The van der Waals surface area contributed by atoms with Gasteiger partial charge in [-0.1, -0.05) is 6.07 Å². The third kappa shape index (κ3) is 3.20. The summed E-state index contributed by atoms with van der Waals surface area (Å²) in [6.07, 6.45) is 1.62. The van der Waals surface area contributed by atoms with E-state index in [-0.39, 0.29) is 11.4 Å². The number of aryl methyl sites for hydroxylation is 2. The van der Waals surface area contributed by atoms with Gasteiger partial charge in [-0.15, -0.1) is 11.3 Å². The average Bonchev–Trinajstić information content (AvgIpc) is 2.76. The minimum absolute atomic E-state index is 0.172. The molecule has 3 N–H and O–H groups in total. The highest BCUT2D eigenvalue weighted by molar-refractivity contribution is 9.10. The number of rotatable bonds is 4. The summed E-state index contributed by atoms with van der Waals surface area (Å²) in [7, 11) is -3.69. The number of sulfonamides is 1. The van der Waals surface area contributed by atoms with Crippen molar-refractivity contribution in [2.75, 3.05) is 4.72 Å². The molecule has 2 aromatic rings. The average molecular weight is 376 g/mol. The van der Waals surface area contributed by atoms with Crippen LogP contribution >= 0.6 is 27.3 Å². The maximum atomic E-state index is 12.4.